The number of unbranched alkanes of at least 4 members (excludes halogenated alkanes) is 8. The number of rotatable bonds is 11. The van der Waals surface area contributed by atoms with E-state index in [1.807, 2.05) is 6.08 Å². The first-order valence-corrected chi connectivity index (χ1v) is 6.43. The lowest BCUT2D eigenvalue weighted by molar-refractivity contribution is 0.281. The molecule has 1 radical (unpaired) electrons. The molecule has 0 aliphatic carbocycles. The van der Waals surface area contributed by atoms with E-state index in [-0.39, 0.29) is 0 Å². The number of ether oxygens (including phenoxy) is 1. The Labute approximate surface area is 95.9 Å². The van der Waals surface area contributed by atoms with Crippen LogP contribution in [-0.4, -0.2) is 6.61 Å². The number of allylic oxidation sites excluding steroid dienone is 1. The highest BCUT2D eigenvalue weighted by Gasteiger charge is 1.90. The zero-order valence-corrected chi connectivity index (χ0v) is 10.3. The summed E-state index contributed by atoms with van der Waals surface area (Å²) in [5.74, 6) is 0. The Hall–Kier alpha value is -0.300. The molecule has 0 aliphatic rings. The van der Waals surface area contributed by atoms with Gasteiger partial charge in [0.15, 0.2) is 0 Å². The fourth-order valence-electron chi connectivity index (χ4n) is 1.65. The highest BCUT2D eigenvalue weighted by molar-refractivity contribution is 4.81. The molecular formula is C14H27O. The van der Waals surface area contributed by atoms with Crippen LogP contribution in [0.15, 0.2) is 12.2 Å². The summed E-state index contributed by atoms with van der Waals surface area (Å²) >= 11 is 0. The minimum atomic E-state index is 0.650. The fraction of sp³-hybridized carbons (Fsp3) is 0.786. The van der Waals surface area contributed by atoms with Crippen LogP contribution in [-0.2, 0) is 4.74 Å². The van der Waals surface area contributed by atoms with E-state index in [9.17, 15) is 0 Å². The zero-order chi connectivity index (χ0) is 11.2. The lowest BCUT2D eigenvalue weighted by atomic mass is 10.1. The van der Waals surface area contributed by atoms with Gasteiger partial charge in [0.1, 0.15) is 0 Å². The highest BCUT2D eigenvalue weighted by Crippen LogP contribution is 2.09. The third-order valence-electron chi connectivity index (χ3n) is 2.61. The molecule has 0 saturated heterocycles. The van der Waals surface area contributed by atoms with Crippen molar-refractivity contribution in [1.82, 2.24) is 0 Å². The SMILES string of the molecule is [CH2]OC/C=C/CCCCCCCCCC. The largest absolute Gasteiger partial charge is 0.375 e. The molecule has 0 N–H and O–H groups in total. The summed E-state index contributed by atoms with van der Waals surface area (Å²) in [6.07, 6.45) is 16.6. The Morgan fingerprint density at radius 2 is 1.47 bits per heavy atom. The van der Waals surface area contributed by atoms with E-state index in [2.05, 4.69) is 24.8 Å². The molecule has 0 aliphatic heterocycles. The van der Waals surface area contributed by atoms with Crippen molar-refractivity contribution in [2.24, 2.45) is 0 Å². The molecule has 0 aromatic carbocycles. The minimum absolute atomic E-state index is 0.650. The molecule has 1 nitrogen and oxygen atoms in total. The minimum Gasteiger partial charge on any atom is -0.375 e. The van der Waals surface area contributed by atoms with E-state index in [4.69, 9.17) is 0 Å². The number of hydrogen-bond donors (Lipinski definition) is 0. The second kappa shape index (κ2) is 13.7. The molecule has 89 valence electrons. The van der Waals surface area contributed by atoms with Crippen LogP contribution in [0.25, 0.3) is 0 Å². The molecule has 0 spiro atoms. The van der Waals surface area contributed by atoms with Gasteiger partial charge >= 0.3 is 0 Å². The van der Waals surface area contributed by atoms with Crippen LogP contribution in [0.1, 0.15) is 64.7 Å². The van der Waals surface area contributed by atoms with Crippen LogP contribution in [0.2, 0.25) is 0 Å². The van der Waals surface area contributed by atoms with Gasteiger partial charge in [0.05, 0.1) is 13.7 Å². The summed E-state index contributed by atoms with van der Waals surface area (Å²) in [5.41, 5.74) is 0. The van der Waals surface area contributed by atoms with Crippen molar-refractivity contribution in [3.8, 4) is 0 Å². The lowest BCUT2D eigenvalue weighted by Gasteiger charge is -1.99. The van der Waals surface area contributed by atoms with Gasteiger partial charge in [-0.05, 0) is 12.8 Å². The Bertz CT molecular complexity index is 129. The van der Waals surface area contributed by atoms with E-state index in [1.54, 1.807) is 0 Å². The third-order valence-corrected chi connectivity index (χ3v) is 2.61. The van der Waals surface area contributed by atoms with Gasteiger partial charge in [0.25, 0.3) is 0 Å². The lowest BCUT2D eigenvalue weighted by Crippen LogP contribution is -1.81. The Kier molecular flexibility index (Phi) is 13.4. The fourth-order valence-corrected chi connectivity index (χ4v) is 1.65. The average Bonchev–Trinajstić information content (AvgIpc) is 2.26. The first kappa shape index (κ1) is 14.7. The monoisotopic (exact) mass is 211 g/mol. The van der Waals surface area contributed by atoms with E-state index in [0.29, 0.717) is 6.61 Å². The summed E-state index contributed by atoms with van der Waals surface area (Å²) in [7, 11) is 3.32. The van der Waals surface area contributed by atoms with E-state index in [0.717, 1.165) is 0 Å². The van der Waals surface area contributed by atoms with Gasteiger partial charge in [-0.3, -0.25) is 0 Å². The van der Waals surface area contributed by atoms with Gasteiger partial charge < -0.3 is 4.74 Å². The zero-order valence-electron chi connectivity index (χ0n) is 10.3. The molecule has 0 saturated carbocycles. The second-order valence-corrected chi connectivity index (χ2v) is 4.11. The van der Waals surface area contributed by atoms with Crippen LogP contribution >= 0.6 is 0 Å². The molecule has 0 unspecified atom stereocenters. The molecule has 0 aromatic rings. The maximum absolute atomic E-state index is 4.69. The van der Waals surface area contributed by atoms with Crippen molar-refractivity contribution in [2.75, 3.05) is 6.61 Å². The van der Waals surface area contributed by atoms with E-state index < -0.39 is 0 Å². The molecule has 0 fully saturated rings. The highest BCUT2D eigenvalue weighted by atomic mass is 16.5. The maximum atomic E-state index is 4.69. The molecule has 0 heterocycles. The quantitative estimate of drug-likeness (QED) is 0.349. The predicted molar refractivity (Wildman–Crippen MR) is 67.7 cm³/mol. The normalized spacial score (nSPS) is 11.3. The van der Waals surface area contributed by atoms with Crippen LogP contribution in [0, 0.1) is 7.11 Å². The van der Waals surface area contributed by atoms with Crippen molar-refractivity contribution in [2.45, 2.75) is 64.7 Å². The Morgan fingerprint density at radius 3 is 2.07 bits per heavy atom. The van der Waals surface area contributed by atoms with E-state index in [1.165, 1.54) is 57.8 Å². The summed E-state index contributed by atoms with van der Waals surface area (Å²) in [4.78, 5) is 0. The van der Waals surface area contributed by atoms with Gasteiger partial charge in [-0.25, -0.2) is 0 Å². The summed E-state index contributed by atoms with van der Waals surface area (Å²) in [6, 6.07) is 0. The number of hydrogen-bond acceptors (Lipinski definition) is 1. The Balaban J connectivity index is 2.92. The second-order valence-electron chi connectivity index (χ2n) is 4.11. The topological polar surface area (TPSA) is 9.23 Å². The molecule has 0 rings (SSSR count). The first-order chi connectivity index (χ1) is 7.41. The van der Waals surface area contributed by atoms with Crippen molar-refractivity contribution < 1.29 is 4.74 Å². The molecule has 15 heavy (non-hydrogen) atoms. The summed E-state index contributed by atoms with van der Waals surface area (Å²) in [5, 5.41) is 0. The van der Waals surface area contributed by atoms with E-state index >= 15 is 0 Å². The average molecular weight is 211 g/mol. The van der Waals surface area contributed by atoms with Gasteiger partial charge in [-0.15, -0.1) is 0 Å². The van der Waals surface area contributed by atoms with Gasteiger partial charge in [0.2, 0.25) is 0 Å². The standard InChI is InChI=1S/C14H27O/c1-3-4-5-6-7-8-9-10-11-12-13-14-15-2/h12-13H,2-11,14H2,1H3/b13-12+. The van der Waals surface area contributed by atoms with Crippen LogP contribution < -0.4 is 0 Å². The molecule has 0 aromatic heterocycles. The summed E-state index contributed by atoms with van der Waals surface area (Å²) < 4.78 is 4.69. The van der Waals surface area contributed by atoms with Crippen molar-refractivity contribution in [3.05, 3.63) is 19.3 Å². The van der Waals surface area contributed by atoms with Crippen molar-refractivity contribution in [3.63, 3.8) is 0 Å². The molecule has 1 heteroatoms. The third kappa shape index (κ3) is 13.7. The van der Waals surface area contributed by atoms with Gasteiger partial charge in [-0.2, -0.15) is 0 Å². The Morgan fingerprint density at radius 1 is 0.867 bits per heavy atom. The van der Waals surface area contributed by atoms with Gasteiger partial charge in [-0.1, -0.05) is 64.0 Å². The molecule has 0 amide bonds. The predicted octanol–water partition coefficient (Wildman–Crippen LogP) is 4.88. The van der Waals surface area contributed by atoms with Crippen molar-refractivity contribution in [1.29, 1.82) is 0 Å². The molecule has 0 bridgehead atoms. The smallest absolute Gasteiger partial charge is 0.0704 e. The summed E-state index contributed by atoms with van der Waals surface area (Å²) in [6.45, 7) is 2.92. The first-order valence-electron chi connectivity index (χ1n) is 6.43. The van der Waals surface area contributed by atoms with Crippen LogP contribution in [0.4, 0.5) is 0 Å². The molecular weight excluding hydrogens is 184 g/mol. The van der Waals surface area contributed by atoms with Crippen LogP contribution in [0.3, 0.4) is 0 Å². The maximum Gasteiger partial charge on any atom is 0.0704 e. The molecule has 0 atom stereocenters. The van der Waals surface area contributed by atoms with Crippen molar-refractivity contribution >= 4 is 0 Å². The van der Waals surface area contributed by atoms with Crippen LogP contribution in [0.5, 0.6) is 0 Å². The van der Waals surface area contributed by atoms with Gasteiger partial charge in [0, 0.05) is 0 Å².